The second-order valence-corrected chi connectivity index (χ2v) is 6.14. The lowest BCUT2D eigenvalue weighted by Crippen LogP contribution is -2.56. The maximum atomic E-state index is 10.2. The first-order valence-electron chi connectivity index (χ1n) is 8.04. The van der Waals surface area contributed by atoms with Crippen LogP contribution in [0.2, 0.25) is 0 Å². The zero-order chi connectivity index (χ0) is 15.4. The summed E-state index contributed by atoms with van der Waals surface area (Å²) in [5.41, 5.74) is -0.522. The van der Waals surface area contributed by atoms with E-state index in [4.69, 9.17) is 0 Å². The van der Waals surface area contributed by atoms with Gasteiger partial charge in [-0.2, -0.15) is 0 Å². The van der Waals surface area contributed by atoms with Crippen molar-refractivity contribution in [2.24, 2.45) is 4.99 Å². The second-order valence-electron chi connectivity index (χ2n) is 6.14. The van der Waals surface area contributed by atoms with Gasteiger partial charge in [-0.05, 0) is 31.4 Å². The van der Waals surface area contributed by atoms with Gasteiger partial charge < -0.3 is 20.2 Å². The molecule has 1 aliphatic carbocycles. The number of rotatable bonds is 3. The Labute approximate surface area is 155 Å². The molecule has 1 saturated heterocycles. The van der Waals surface area contributed by atoms with Gasteiger partial charge in [0.15, 0.2) is 5.96 Å². The summed E-state index contributed by atoms with van der Waals surface area (Å²) in [4.78, 5) is 13.3. The normalized spacial score (nSPS) is 20.5. The Kier molecular flexibility index (Phi) is 6.46. The minimum atomic E-state index is -0.522. The van der Waals surface area contributed by atoms with Crippen molar-refractivity contribution < 1.29 is 5.11 Å². The van der Waals surface area contributed by atoms with Crippen molar-refractivity contribution in [1.82, 2.24) is 15.2 Å². The number of aliphatic imine (C=N–C) groups is 1. The van der Waals surface area contributed by atoms with Gasteiger partial charge in [0, 0.05) is 46.0 Å². The third-order valence-electron chi connectivity index (χ3n) is 4.62. The van der Waals surface area contributed by atoms with Gasteiger partial charge in [0.2, 0.25) is 0 Å². The Balaban J connectivity index is 0.00000192. The molecule has 1 aromatic heterocycles. The summed E-state index contributed by atoms with van der Waals surface area (Å²) < 4.78 is 0. The number of aliphatic hydroxyl groups is 1. The maximum Gasteiger partial charge on any atom is 0.193 e. The molecule has 3 rings (SSSR count). The largest absolute Gasteiger partial charge is 0.388 e. The Morgan fingerprint density at radius 2 is 2.04 bits per heavy atom. The first kappa shape index (κ1) is 18.3. The Morgan fingerprint density at radius 1 is 1.30 bits per heavy atom. The number of pyridine rings is 1. The van der Waals surface area contributed by atoms with Crippen LogP contribution in [0.25, 0.3) is 0 Å². The molecular weight excluding hydrogens is 405 g/mol. The smallest absolute Gasteiger partial charge is 0.193 e. The molecule has 6 nitrogen and oxygen atoms in total. The van der Waals surface area contributed by atoms with E-state index in [9.17, 15) is 5.11 Å². The van der Waals surface area contributed by atoms with Gasteiger partial charge >= 0.3 is 0 Å². The van der Waals surface area contributed by atoms with Crippen molar-refractivity contribution in [2.45, 2.75) is 24.9 Å². The molecule has 2 fully saturated rings. The van der Waals surface area contributed by atoms with Crippen LogP contribution < -0.4 is 10.2 Å². The van der Waals surface area contributed by atoms with E-state index in [1.807, 2.05) is 18.3 Å². The highest BCUT2D eigenvalue weighted by atomic mass is 127. The lowest BCUT2D eigenvalue weighted by Gasteiger charge is -2.40. The topological polar surface area (TPSA) is 64.0 Å². The predicted octanol–water partition coefficient (Wildman–Crippen LogP) is 1.31. The number of halogens is 1. The van der Waals surface area contributed by atoms with Gasteiger partial charge in [-0.25, -0.2) is 4.98 Å². The van der Waals surface area contributed by atoms with E-state index < -0.39 is 5.60 Å². The lowest BCUT2D eigenvalue weighted by molar-refractivity contribution is -0.0283. The van der Waals surface area contributed by atoms with Crippen LogP contribution in [-0.2, 0) is 0 Å². The molecule has 23 heavy (non-hydrogen) atoms. The molecule has 0 atom stereocenters. The average Bonchev–Trinajstić information content (AvgIpc) is 2.55. The van der Waals surface area contributed by atoms with Crippen molar-refractivity contribution in [3.05, 3.63) is 24.4 Å². The van der Waals surface area contributed by atoms with Crippen LogP contribution >= 0.6 is 24.0 Å². The minimum Gasteiger partial charge on any atom is -0.388 e. The quantitative estimate of drug-likeness (QED) is 0.430. The first-order chi connectivity index (χ1) is 10.7. The van der Waals surface area contributed by atoms with Crippen LogP contribution in [-0.4, -0.2) is 66.3 Å². The van der Waals surface area contributed by atoms with Crippen LogP contribution in [0.5, 0.6) is 0 Å². The summed E-state index contributed by atoms with van der Waals surface area (Å²) in [5.74, 6) is 1.93. The Morgan fingerprint density at radius 3 is 2.57 bits per heavy atom. The summed E-state index contributed by atoms with van der Waals surface area (Å²) >= 11 is 0. The summed E-state index contributed by atoms with van der Waals surface area (Å²) in [6.45, 7) is 4.29. The van der Waals surface area contributed by atoms with Crippen LogP contribution in [0, 0.1) is 0 Å². The molecule has 1 aromatic rings. The van der Waals surface area contributed by atoms with Crippen molar-refractivity contribution in [3.8, 4) is 0 Å². The molecule has 1 aliphatic heterocycles. The number of nitrogens with one attached hydrogen (secondary N) is 1. The van der Waals surface area contributed by atoms with E-state index >= 15 is 0 Å². The highest BCUT2D eigenvalue weighted by Gasteiger charge is 2.34. The molecule has 2 aliphatic rings. The summed E-state index contributed by atoms with van der Waals surface area (Å²) in [6.07, 6.45) is 4.75. The Bertz CT molecular complexity index is 512. The van der Waals surface area contributed by atoms with E-state index in [0.29, 0.717) is 6.54 Å². The van der Waals surface area contributed by atoms with Crippen LogP contribution in [0.1, 0.15) is 19.3 Å². The van der Waals surface area contributed by atoms with E-state index in [0.717, 1.165) is 57.2 Å². The third-order valence-corrected chi connectivity index (χ3v) is 4.62. The summed E-state index contributed by atoms with van der Waals surface area (Å²) in [6, 6.07) is 6.01. The van der Waals surface area contributed by atoms with Crippen molar-refractivity contribution in [1.29, 1.82) is 0 Å². The molecule has 2 N–H and O–H groups in total. The van der Waals surface area contributed by atoms with Crippen LogP contribution in [0.15, 0.2) is 29.4 Å². The van der Waals surface area contributed by atoms with Gasteiger partial charge in [0.25, 0.3) is 0 Å². The van der Waals surface area contributed by atoms with E-state index in [2.05, 4.69) is 31.2 Å². The zero-order valence-electron chi connectivity index (χ0n) is 13.6. The molecule has 0 aromatic carbocycles. The molecule has 0 spiro atoms. The number of guanidine groups is 1. The highest BCUT2D eigenvalue weighted by molar-refractivity contribution is 14.0. The molecule has 0 bridgehead atoms. The molecule has 1 saturated carbocycles. The fourth-order valence-corrected chi connectivity index (χ4v) is 3.03. The fourth-order valence-electron chi connectivity index (χ4n) is 3.03. The number of hydrogen-bond acceptors (Lipinski definition) is 4. The minimum absolute atomic E-state index is 0. The number of nitrogens with zero attached hydrogens (tertiary/aromatic N) is 4. The highest BCUT2D eigenvalue weighted by Crippen LogP contribution is 2.30. The fraction of sp³-hybridized carbons (Fsp3) is 0.625. The molecule has 128 valence electrons. The SMILES string of the molecule is CN=C(NCC1(O)CCC1)N1CCN(c2ccccn2)CC1.I. The summed E-state index contributed by atoms with van der Waals surface area (Å²) in [7, 11) is 1.80. The van der Waals surface area contributed by atoms with Crippen LogP contribution in [0.4, 0.5) is 5.82 Å². The lowest BCUT2D eigenvalue weighted by atomic mass is 9.80. The Hall–Kier alpha value is -1.09. The number of aromatic nitrogens is 1. The van der Waals surface area contributed by atoms with Gasteiger partial charge in [-0.1, -0.05) is 6.07 Å². The first-order valence-corrected chi connectivity index (χ1v) is 8.04. The standard InChI is InChI=1S/C16H25N5O.HI/c1-17-15(19-13-16(22)6-4-7-16)21-11-9-20(10-12-21)14-5-2-3-8-18-14;/h2-3,5,8,22H,4,6-7,9-13H2,1H3,(H,17,19);1H. The van der Waals surface area contributed by atoms with E-state index in [1.54, 1.807) is 7.05 Å². The molecule has 0 radical (unpaired) electrons. The number of piperazine rings is 1. The van der Waals surface area contributed by atoms with E-state index in [1.165, 1.54) is 0 Å². The molecular formula is C16H26IN5O. The average molecular weight is 431 g/mol. The zero-order valence-corrected chi connectivity index (χ0v) is 15.9. The molecule has 2 heterocycles. The second kappa shape index (κ2) is 8.14. The monoisotopic (exact) mass is 431 g/mol. The van der Waals surface area contributed by atoms with Crippen molar-refractivity contribution >= 4 is 35.8 Å². The molecule has 0 unspecified atom stereocenters. The summed E-state index contributed by atoms with van der Waals surface area (Å²) in [5, 5.41) is 13.5. The predicted molar refractivity (Wildman–Crippen MR) is 104 cm³/mol. The molecule has 0 amide bonds. The van der Waals surface area contributed by atoms with Crippen molar-refractivity contribution in [2.75, 3.05) is 44.7 Å². The van der Waals surface area contributed by atoms with Gasteiger partial charge in [0.05, 0.1) is 5.60 Å². The third kappa shape index (κ3) is 4.47. The molecule has 7 heteroatoms. The van der Waals surface area contributed by atoms with Gasteiger partial charge in [-0.15, -0.1) is 24.0 Å². The number of anilines is 1. The van der Waals surface area contributed by atoms with Gasteiger partial charge in [0.1, 0.15) is 5.82 Å². The van der Waals surface area contributed by atoms with Crippen LogP contribution in [0.3, 0.4) is 0 Å². The van der Waals surface area contributed by atoms with Gasteiger partial charge in [-0.3, -0.25) is 4.99 Å². The number of hydrogen-bond donors (Lipinski definition) is 2. The van der Waals surface area contributed by atoms with E-state index in [-0.39, 0.29) is 24.0 Å². The van der Waals surface area contributed by atoms with Crippen molar-refractivity contribution in [3.63, 3.8) is 0 Å². The maximum absolute atomic E-state index is 10.2.